The minimum atomic E-state index is -1.42. The molecular weight excluding hydrogens is 823 g/mol. The highest BCUT2D eigenvalue weighted by Gasteiger charge is 2.23. The largest absolute Gasteiger partial charge is 0.477 e. The van der Waals surface area contributed by atoms with Gasteiger partial charge in [-0.3, -0.25) is 0 Å². The van der Waals surface area contributed by atoms with Crippen molar-refractivity contribution in [2.75, 3.05) is 0 Å². The van der Waals surface area contributed by atoms with Crippen molar-refractivity contribution >= 4 is 73.8 Å². The van der Waals surface area contributed by atoms with Gasteiger partial charge in [-0.25, -0.2) is 9.59 Å². The van der Waals surface area contributed by atoms with Crippen LogP contribution in [0.5, 0.6) is 0 Å². The highest BCUT2D eigenvalue weighted by molar-refractivity contribution is 7.27. The van der Waals surface area contributed by atoms with Crippen LogP contribution >= 0.6 is 34.0 Å². The maximum absolute atomic E-state index is 11.9. The number of carbonyl (C=O) groups is 2. The number of carboxylic acid groups (broad SMARTS) is 2. The summed E-state index contributed by atoms with van der Waals surface area (Å²) >= 11 is 5.35. The number of hydrogen-bond donors (Lipinski definition) is 2. The first-order valence-electron chi connectivity index (χ1n) is 23.8. The average Bonchev–Trinajstić information content (AvgIpc) is 4.06. The number of fused-ring (bicyclic) bond motifs is 3. The summed E-state index contributed by atoms with van der Waals surface area (Å²) in [5.74, 6) is -2.83. The SMILES string of the molecule is CCCCCCc1ccc2c(c1)c1cc(-c3sc(-c4sc(-c5sc(C=C(C(=O)O)C(=O)O)cc5CCCCCC)cc4CCCCCC)cc3CCCCCC)ccc1n2CC. The van der Waals surface area contributed by atoms with Crippen molar-refractivity contribution in [1.82, 2.24) is 4.57 Å². The van der Waals surface area contributed by atoms with Gasteiger partial charge in [-0.2, -0.15) is 0 Å². The third kappa shape index (κ3) is 11.8. The lowest BCUT2D eigenvalue weighted by Crippen LogP contribution is -2.10. The molecule has 0 unspecified atom stereocenters. The minimum absolute atomic E-state index is 0.600. The van der Waals surface area contributed by atoms with Gasteiger partial charge in [-0.1, -0.05) is 117 Å². The summed E-state index contributed by atoms with van der Waals surface area (Å²) in [4.78, 5) is 30.9. The molecule has 0 saturated heterocycles. The Kier molecular flexibility index (Phi) is 18.1. The highest BCUT2D eigenvalue weighted by atomic mass is 32.1. The van der Waals surface area contributed by atoms with Gasteiger partial charge in [0.1, 0.15) is 5.57 Å². The molecule has 0 aliphatic carbocycles. The Morgan fingerprint density at radius 1 is 0.516 bits per heavy atom. The van der Waals surface area contributed by atoms with Crippen molar-refractivity contribution in [3.05, 3.63) is 87.3 Å². The van der Waals surface area contributed by atoms with Crippen molar-refractivity contribution in [3.63, 3.8) is 0 Å². The van der Waals surface area contributed by atoms with E-state index in [0.717, 1.165) is 62.8 Å². The number of carboxylic acids is 2. The average molecular weight is 892 g/mol. The maximum atomic E-state index is 11.9. The van der Waals surface area contributed by atoms with Crippen LogP contribution in [-0.2, 0) is 41.8 Å². The Labute approximate surface area is 382 Å². The van der Waals surface area contributed by atoms with Crippen LogP contribution in [0.15, 0.2) is 60.2 Å². The number of hydrogen-bond acceptors (Lipinski definition) is 5. The fraction of sp³-hybridized carbons (Fsp3) is 0.481. The van der Waals surface area contributed by atoms with E-state index in [9.17, 15) is 19.8 Å². The van der Waals surface area contributed by atoms with Crippen LogP contribution < -0.4 is 0 Å². The monoisotopic (exact) mass is 891 g/mol. The molecule has 0 saturated carbocycles. The Morgan fingerprint density at radius 2 is 0.984 bits per heavy atom. The Morgan fingerprint density at radius 3 is 1.52 bits per heavy atom. The van der Waals surface area contributed by atoms with Crippen LogP contribution in [0.3, 0.4) is 0 Å². The lowest BCUT2D eigenvalue weighted by Gasteiger charge is -2.06. The van der Waals surface area contributed by atoms with Gasteiger partial charge in [0.15, 0.2) is 0 Å². The first-order valence-corrected chi connectivity index (χ1v) is 26.3. The second-order valence-corrected chi connectivity index (χ2v) is 20.4. The predicted molar refractivity (Wildman–Crippen MR) is 270 cm³/mol. The predicted octanol–water partition coefficient (Wildman–Crippen LogP) is 17.0. The number of unbranched alkanes of at least 4 members (excludes halogenated alkanes) is 12. The number of aromatic nitrogens is 1. The van der Waals surface area contributed by atoms with Gasteiger partial charge >= 0.3 is 11.9 Å². The van der Waals surface area contributed by atoms with Crippen LogP contribution in [0.2, 0.25) is 0 Å². The van der Waals surface area contributed by atoms with Gasteiger partial charge in [0.2, 0.25) is 0 Å². The van der Waals surface area contributed by atoms with Gasteiger partial charge in [0.05, 0.1) is 0 Å². The standard InChI is InChI=1S/C54H69NO4S3/c1-6-11-15-19-23-37-27-29-46-43(31-37)44-33-41(28-30-47(44)55(46)10-5)50-39(25-21-17-13-8-3)34-49(61-50)52-40(26-22-18-14-9-4)35-48(62-52)51-38(24-20-16-12-7-2)32-42(60-51)36-45(53(56)57)54(58)59/h27-36H,6-26H2,1-5H3,(H,56,57)(H,58,59). The van der Waals surface area contributed by atoms with E-state index in [1.165, 1.54) is 164 Å². The molecule has 2 N–H and O–H groups in total. The molecule has 62 heavy (non-hydrogen) atoms. The van der Waals surface area contributed by atoms with E-state index in [4.69, 9.17) is 0 Å². The summed E-state index contributed by atoms with van der Waals surface area (Å²) in [5, 5.41) is 22.1. The molecule has 2 aromatic carbocycles. The molecule has 0 atom stereocenters. The lowest BCUT2D eigenvalue weighted by atomic mass is 10.00. The van der Waals surface area contributed by atoms with Crippen LogP contribution in [-0.4, -0.2) is 26.7 Å². The van der Waals surface area contributed by atoms with Gasteiger partial charge in [0.25, 0.3) is 0 Å². The first kappa shape index (κ1) is 47.5. The Hall–Kier alpha value is -3.98. The fourth-order valence-corrected chi connectivity index (χ4v) is 12.8. The summed E-state index contributed by atoms with van der Waals surface area (Å²) in [6, 6.07) is 21.3. The van der Waals surface area contributed by atoms with Crippen molar-refractivity contribution in [2.45, 2.75) is 170 Å². The van der Waals surface area contributed by atoms with E-state index in [0.29, 0.717) is 4.88 Å². The molecule has 5 nitrogen and oxygen atoms in total. The third-order valence-corrected chi connectivity index (χ3v) is 16.3. The normalized spacial score (nSPS) is 11.6. The van der Waals surface area contributed by atoms with E-state index in [-0.39, 0.29) is 0 Å². The molecule has 0 spiro atoms. The number of benzene rings is 2. The molecule has 0 aliphatic heterocycles. The van der Waals surface area contributed by atoms with E-state index < -0.39 is 17.5 Å². The highest BCUT2D eigenvalue weighted by Crippen LogP contribution is 2.48. The molecule has 4 aromatic heterocycles. The number of thiophene rings is 3. The molecule has 6 aromatic rings. The van der Waals surface area contributed by atoms with Crippen molar-refractivity contribution in [3.8, 4) is 29.9 Å². The topological polar surface area (TPSA) is 79.5 Å². The minimum Gasteiger partial charge on any atom is -0.477 e. The Bertz CT molecular complexity index is 2420. The van der Waals surface area contributed by atoms with E-state index in [1.807, 2.05) is 28.7 Å². The van der Waals surface area contributed by atoms with Crippen LogP contribution in [0.1, 0.15) is 164 Å². The summed E-state index contributed by atoms with van der Waals surface area (Å²) < 4.78 is 2.48. The third-order valence-electron chi connectivity index (χ3n) is 12.4. The van der Waals surface area contributed by atoms with Crippen LogP contribution in [0.4, 0.5) is 0 Å². The van der Waals surface area contributed by atoms with Crippen LogP contribution in [0, 0.1) is 0 Å². The van der Waals surface area contributed by atoms with Crippen molar-refractivity contribution in [1.29, 1.82) is 0 Å². The van der Waals surface area contributed by atoms with Gasteiger partial charge in [-0.05, 0) is 135 Å². The summed E-state index contributed by atoms with van der Waals surface area (Å²) in [7, 11) is 0. The Balaban J connectivity index is 1.46. The second-order valence-electron chi connectivity index (χ2n) is 17.2. The quantitative estimate of drug-likeness (QED) is 0.0234. The van der Waals surface area contributed by atoms with E-state index in [2.05, 4.69) is 87.7 Å². The molecule has 0 bridgehead atoms. The molecule has 6 rings (SSSR count). The summed E-state index contributed by atoms with van der Waals surface area (Å²) in [5.41, 5.74) is 8.79. The number of nitrogens with zero attached hydrogens (tertiary/aromatic N) is 1. The zero-order valence-electron chi connectivity index (χ0n) is 38.0. The molecule has 0 aliphatic rings. The van der Waals surface area contributed by atoms with Crippen molar-refractivity contribution < 1.29 is 19.8 Å². The molecule has 4 heterocycles. The fourth-order valence-electron chi connectivity index (χ4n) is 8.95. The van der Waals surface area contributed by atoms with E-state index in [1.54, 1.807) is 0 Å². The summed E-state index contributed by atoms with van der Waals surface area (Å²) in [6.07, 6.45) is 24.7. The zero-order chi connectivity index (χ0) is 44.0. The molecule has 8 heteroatoms. The number of aliphatic carboxylic acids is 2. The van der Waals surface area contributed by atoms with Gasteiger partial charge in [0, 0.05) is 57.6 Å². The smallest absolute Gasteiger partial charge is 0.343 e. The molecular formula is C54H69NO4S3. The first-order chi connectivity index (χ1) is 30.2. The van der Waals surface area contributed by atoms with Gasteiger partial charge < -0.3 is 14.8 Å². The summed E-state index contributed by atoms with van der Waals surface area (Å²) in [6.45, 7) is 12.2. The molecule has 0 amide bonds. The number of aryl methyl sites for hydroxylation is 5. The maximum Gasteiger partial charge on any atom is 0.343 e. The lowest BCUT2D eigenvalue weighted by molar-refractivity contribution is -0.140. The van der Waals surface area contributed by atoms with Crippen molar-refractivity contribution in [2.24, 2.45) is 0 Å². The number of rotatable bonds is 27. The van der Waals surface area contributed by atoms with E-state index >= 15 is 0 Å². The second kappa shape index (κ2) is 23.6. The zero-order valence-corrected chi connectivity index (χ0v) is 40.5. The molecule has 0 radical (unpaired) electrons. The molecule has 332 valence electrons. The molecule has 0 fully saturated rings. The van der Waals surface area contributed by atoms with Crippen LogP contribution in [0.25, 0.3) is 57.8 Å². The van der Waals surface area contributed by atoms with Gasteiger partial charge in [-0.15, -0.1) is 34.0 Å².